The van der Waals surface area contributed by atoms with Gasteiger partial charge in [0, 0.05) is 24.5 Å². The van der Waals surface area contributed by atoms with Crippen molar-refractivity contribution in [1.29, 1.82) is 0 Å². The summed E-state index contributed by atoms with van der Waals surface area (Å²) in [4.78, 5) is 11.1. The number of anilines is 4. The molecule has 1 N–H and O–H groups in total. The van der Waals surface area contributed by atoms with Crippen molar-refractivity contribution in [2.45, 2.75) is 6.92 Å². The average Bonchev–Trinajstić information content (AvgIpc) is 2.70. The van der Waals surface area contributed by atoms with Crippen molar-refractivity contribution >= 4 is 23.1 Å². The molecule has 2 aromatic carbocycles. The van der Waals surface area contributed by atoms with Gasteiger partial charge in [0.1, 0.15) is 17.3 Å². The molecule has 0 bridgehead atoms. The van der Waals surface area contributed by atoms with Crippen LogP contribution in [0.15, 0.2) is 60.8 Å². The molecule has 3 rings (SSSR count). The van der Waals surface area contributed by atoms with E-state index < -0.39 is 0 Å². The first-order valence-electron chi connectivity index (χ1n) is 8.40. The van der Waals surface area contributed by atoms with Crippen molar-refractivity contribution in [2.75, 3.05) is 31.0 Å². The van der Waals surface area contributed by atoms with E-state index in [0.29, 0.717) is 17.5 Å². The van der Waals surface area contributed by atoms with Gasteiger partial charge in [0.15, 0.2) is 0 Å². The fourth-order valence-corrected chi connectivity index (χ4v) is 2.64. The molecule has 0 aliphatic rings. The van der Waals surface area contributed by atoms with Gasteiger partial charge in [-0.05, 0) is 37.3 Å². The molecular formula is C20H22N4O2. The molecule has 0 radical (unpaired) electrons. The van der Waals surface area contributed by atoms with Crippen LogP contribution in [0.2, 0.25) is 0 Å². The number of rotatable bonds is 7. The van der Waals surface area contributed by atoms with Crippen LogP contribution in [0.1, 0.15) is 6.92 Å². The molecule has 0 aliphatic carbocycles. The van der Waals surface area contributed by atoms with Gasteiger partial charge in [-0.1, -0.05) is 18.2 Å². The van der Waals surface area contributed by atoms with Crippen molar-refractivity contribution in [1.82, 2.24) is 9.97 Å². The third-order valence-electron chi connectivity index (χ3n) is 3.94. The summed E-state index contributed by atoms with van der Waals surface area (Å²) in [6.45, 7) is 2.84. The molecule has 0 aliphatic heterocycles. The summed E-state index contributed by atoms with van der Waals surface area (Å²) < 4.78 is 10.7. The molecule has 26 heavy (non-hydrogen) atoms. The van der Waals surface area contributed by atoms with Gasteiger partial charge in [-0.2, -0.15) is 4.98 Å². The fourth-order valence-electron chi connectivity index (χ4n) is 2.64. The Bertz CT molecular complexity index is 855. The second kappa shape index (κ2) is 8.20. The summed E-state index contributed by atoms with van der Waals surface area (Å²) in [5.74, 6) is 2.74. The maximum Gasteiger partial charge on any atom is 0.231 e. The molecule has 6 heteroatoms. The van der Waals surface area contributed by atoms with Crippen LogP contribution in [0.25, 0.3) is 0 Å². The highest BCUT2D eigenvalue weighted by Crippen LogP contribution is 2.31. The minimum absolute atomic E-state index is 0.635. The minimum Gasteiger partial charge on any atom is -0.497 e. The van der Waals surface area contributed by atoms with E-state index in [2.05, 4.69) is 27.1 Å². The summed E-state index contributed by atoms with van der Waals surface area (Å²) >= 11 is 0. The normalized spacial score (nSPS) is 10.3. The van der Waals surface area contributed by atoms with E-state index in [-0.39, 0.29) is 0 Å². The van der Waals surface area contributed by atoms with E-state index in [1.54, 1.807) is 20.4 Å². The number of nitrogens with one attached hydrogen (secondary N) is 1. The highest BCUT2D eigenvalue weighted by Gasteiger charge is 2.12. The standard InChI is InChI=1S/C20H22N4O2/c1-4-24(15-8-6-5-7-9-15)20-21-13-12-19(23-20)22-17-11-10-16(25-2)14-18(17)26-3/h5-14H,4H2,1-3H3,(H,21,22,23). The van der Waals surface area contributed by atoms with E-state index >= 15 is 0 Å². The Hall–Kier alpha value is -3.28. The number of benzene rings is 2. The van der Waals surface area contributed by atoms with Gasteiger partial charge in [-0.25, -0.2) is 4.98 Å². The molecule has 3 aromatic rings. The molecule has 6 nitrogen and oxygen atoms in total. The second-order valence-corrected chi connectivity index (χ2v) is 5.51. The molecule has 134 valence electrons. The van der Waals surface area contributed by atoms with Gasteiger partial charge in [0.2, 0.25) is 5.95 Å². The zero-order valence-electron chi connectivity index (χ0n) is 15.1. The van der Waals surface area contributed by atoms with Crippen molar-refractivity contribution in [3.8, 4) is 11.5 Å². The molecule has 0 unspecified atom stereocenters. The average molecular weight is 350 g/mol. The molecule has 0 atom stereocenters. The van der Waals surface area contributed by atoms with E-state index in [1.165, 1.54) is 0 Å². The Morgan fingerprint density at radius 2 is 1.81 bits per heavy atom. The third kappa shape index (κ3) is 3.85. The number of para-hydroxylation sites is 1. The van der Waals surface area contributed by atoms with Gasteiger partial charge in [0.05, 0.1) is 19.9 Å². The van der Waals surface area contributed by atoms with E-state index in [9.17, 15) is 0 Å². The molecule has 0 saturated carbocycles. The number of methoxy groups -OCH3 is 2. The van der Waals surface area contributed by atoms with E-state index in [1.807, 2.05) is 54.6 Å². The Balaban J connectivity index is 1.88. The van der Waals surface area contributed by atoms with Crippen LogP contribution in [0.3, 0.4) is 0 Å². The van der Waals surface area contributed by atoms with E-state index in [4.69, 9.17) is 9.47 Å². The van der Waals surface area contributed by atoms with Gasteiger partial charge in [0.25, 0.3) is 0 Å². The largest absolute Gasteiger partial charge is 0.497 e. The summed E-state index contributed by atoms with van der Waals surface area (Å²) in [5.41, 5.74) is 1.86. The molecule has 1 heterocycles. The number of hydrogen-bond acceptors (Lipinski definition) is 6. The number of nitrogens with zero attached hydrogens (tertiary/aromatic N) is 3. The Morgan fingerprint density at radius 3 is 2.50 bits per heavy atom. The maximum absolute atomic E-state index is 5.43. The summed E-state index contributed by atoms with van der Waals surface area (Å²) in [7, 11) is 3.25. The zero-order chi connectivity index (χ0) is 18.4. The number of ether oxygens (including phenoxy) is 2. The molecular weight excluding hydrogens is 328 g/mol. The second-order valence-electron chi connectivity index (χ2n) is 5.51. The Morgan fingerprint density at radius 1 is 1.00 bits per heavy atom. The summed E-state index contributed by atoms with van der Waals surface area (Å²) in [6.07, 6.45) is 1.74. The topological polar surface area (TPSA) is 59.5 Å². The first-order chi connectivity index (χ1) is 12.7. The lowest BCUT2D eigenvalue weighted by molar-refractivity contribution is 0.395. The number of hydrogen-bond donors (Lipinski definition) is 1. The Labute approximate surface area is 153 Å². The van der Waals surface area contributed by atoms with Crippen LogP contribution in [0.4, 0.5) is 23.1 Å². The molecule has 0 fully saturated rings. The molecule has 0 saturated heterocycles. The first kappa shape index (κ1) is 17.5. The van der Waals surface area contributed by atoms with Crippen LogP contribution in [-0.2, 0) is 0 Å². The molecule has 0 spiro atoms. The molecule has 0 amide bonds. The lowest BCUT2D eigenvalue weighted by Gasteiger charge is -2.21. The maximum atomic E-state index is 5.43. The van der Waals surface area contributed by atoms with Crippen LogP contribution >= 0.6 is 0 Å². The predicted molar refractivity (Wildman–Crippen MR) is 104 cm³/mol. The summed E-state index contributed by atoms with van der Waals surface area (Å²) in [5, 5.41) is 3.29. The van der Waals surface area contributed by atoms with Crippen molar-refractivity contribution in [3.63, 3.8) is 0 Å². The van der Waals surface area contributed by atoms with Gasteiger partial charge >= 0.3 is 0 Å². The van der Waals surface area contributed by atoms with Crippen LogP contribution < -0.4 is 19.7 Å². The summed E-state index contributed by atoms with van der Waals surface area (Å²) in [6, 6.07) is 17.5. The monoisotopic (exact) mass is 350 g/mol. The highest BCUT2D eigenvalue weighted by atomic mass is 16.5. The zero-order valence-corrected chi connectivity index (χ0v) is 15.1. The first-order valence-corrected chi connectivity index (χ1v) is 8.40. The minimum atomic E-state index is 0.635. The Kier molecular flexibility index (Phi) is 5.53. The van der Waals surface area contributed by atoms with Crippen LogP contribution in [-0.4, -0.2) is 30.7 Å². The van der Waals surface area contributed by atoms with Crippen molar-refractivity contribution in [2.24, 2.45) is 0 Å². The van der Waals surface area contributed by atoms with Crippen molar-refractivity contribution < 1.29 is 9.47 Å². The van der Waals surface area contributed by atoms with Gasteiger partial charge in [-0.3, -0.25) is 0 Å². The fraction of sp³-hybridized carbons (Fsp3) is 0.200. The van der Waals surface area contributed by atoms with Gasteiger partial charge in [-0.15, -0.1) is 0 Å². The van der Waals surface area contributed by atoms with E-state index in [0.717, 1.165) is 23.7 Å². The lowest BCUT2D eigenvalue weighted by atomic mass is 10.2. The number of aromatic nitrogens is 2. The quantitative estimate of drug-likeness (QED) is 0.682. The smallest absolute Gasteiger partial charge is 0.231 e. The molecule has 1 aromatic heterocycles. The predicted octanol–water partition coefficient (Wildman–Crippen LogP) is 4.40. The van der Waals surface area contributed by atoms with Crippen molar-refractivity contribution in [3.05, 3.63) is 60.8 Å². The van der Waals surface area contributed by atoms with Crippen LogP contribution in [0, 0.1) is 0 Å². The SMILES string of the molecule is CCN(c1ccccc1)c1nccc(Nc2ccc(OC)cc2OC)n1. The highest BCUT2D eigenvalue weighted by molar-refractivity contribution is 5.67. The lowest BCUT2D eigenvalue weighted by Crippen LogP contribution is -2.19. The third-order valence-corrected chi connectivity index (χ3v) is 3.94. The van der Waals surface area contributed by atoms with Crippen LogP contribution in [0.5, 0.6) is 11.5 Å². The van der Waals surface area contributed by atoms with Gasteiger partial charge < -0.3 is 19.7 Å².